The Bertz CT molecular complexity index is 527. The van der Waals surface area contributed by atoms with Crippen LogP contribution in [-0.4, -0.2) is 28.1 Å². The predicted molar refractivity (Wildman–Crippen MR) is 59.7 cm³/mol. The zero-order valence-electron chi connectivity index (χ0n) is 8.62. The lowest BCUT2D eigenvalue weighted by Gasteiger charge is -2.22. The molecule has 0 aromatic carbocycles. The molecule has 1 aromatic heterocycles. The Balaban J connectivity index is 2.16. The van der Waals surface area contributed by atoms with E-state index in [1.807, 2.05) is 0 Å². The molecule has 17 heavy (non-hydrogen) atoms. The molecule has 2 rings (SSSR count). The van der Waals surface area contributed by atoms with Gasteiger partial charge in [-0.05, 0) is 6.42 Å². The monoisotopic (exact) mass is 256 g/mol. The maximum Gasteiger partial charge on any atom is 0.285 e. The number of anilines is 1. The quantitative estimate of drug-likeness (QED) is 0.627. The number of nitrogens with zero attached hydrogens (tertiary/aromatic N) is 1. The van der Waals surface area contributed by atoms with E-state index in [1.54, 1.807) is 0 Å². The van der Waals surface area contributed by atoms with Crippen molar-refractivity contribution in [3.05, 3.63) is 21.6 Å². The van der Waals surface area contributed by atoms with Crippen LogP contribution in [0.2, 0.25) is 5.02 Å². The summed E-state index contributed by atoms with van der Waals surface area (Å²) in [6, 6.07) is -0.589. The van der Waals surface area contributed by atoms with Gasteiger partial charge < -0.3 is 5.32 Å². The van der Waals surface area contributed by atoms with Crippen LogP contribution < -0.4 is 16.2 Å². The Hall–Kier alpha value is -1.89. The van der Waals surface area contributed by atoms with Crippen molar-refractivity contribution in [3.63, 3.8) is 0 Å². The normalized spacial score (nSPS) is 19.9. The largest absolute Gasteiger partial charge is 0.371 e. The van der Waals surface area contributed by atoms with E-state index >= 15 is 0 Å². The van der Waals surface area contributed by atoms with E-state index in [-0.39, 0.29) is 23.0 Å². The first-order chi connectivity index (χ1) is 8.08. The first kappa shape index (κ1) is 11.6. The van der Waals surface area contributed by atoms with Crippen molar-refractivity contribution in [3.8, 4) is 0 Å². The number of carbonyl (C=O) groups is 2. The molecule has 3 N–H and O–H groups in total. The number of amides is 2. The number of carbonyl (C=O) groups excluding carboxylic acids is 2. The van der Waals surface area contributed by atoms with E-state index in [1.165, 1.54) is 6.20 Å². The minimum atomic E-state index is -0.589. The van der Waals surface area contributed by atoms with Crippen molar-refractivity contribution in [1.82, 2.24) is 15.5 Å². The van der Waals surface area contributed by atoms with Crippen molar-refractivity contribution in [2.75, 3.05) is 5.32 Å². The predicted octanol–water partition coefficient (Wildman–Crippen LogP) is -0.360. The second-order valence-electron chi connectivity index (χ2n) is 3.57. The molecule has 1 unspecified atom stereocenters. The lowest BCUT2D eigenvalue weighted by atomic mass is 10.1. The van der Waals surface area contributed by atoms with Crippen molar-refractivity contribution < 1.29 is 9.59 Å². The highest BCUT2D eigenvalue weighted by Crippen LogP contribution is 2.18. The Morgan fingerprint density at radius 2 is 2.18 bits per heavy atom. The van der Waals surface area contributed by atoms with Crippen LogP contribution in [-0.2, 0) is 9.59 Å². The average molecular weight is 257 g/mol. The fraction of sp³-hybridized carbons (Fsp3) is 0.333. The number of nitrogens with one attached hydrogen (secondary N) is 3. The molecule has 7 nitrogen and oxygen atoms in total. The average Bonchev–Trinajstić information content (AvgIpc) is 2.28. The Morgan fingerprint density at radius 1 is 1.41 bits per heavy atom. The van der Waals surface area contributed by atoms with Gasteiger partial charge >= 0.3 is 0 Å². The minimum absolute atomic E-state index is 0.0651. The molecule has 90 valence electrons. The van der Waals surface area contributed by atoms with Gasteiger partial charge in [-0.25, -0.2) is 5.10 Å². The van der Waals surface area contributed by atoms with Crippen LogP contribution in [0.4, 0.5) is 5.69 Å². The summed E-state index contributed by atoms with van der Waals surface area (Å²) >= 11 is 5.74. The van der Waals surface area contributed by atoms with E-state index in [9.17, 15) is 14.4 Å². The summed E-state index contributed by atoms with van der Waals surface area (Å²) in [5.74, 6) is -0.735. The van der Waals surface area contributed by atoms with Crippen LogP contribution in [0, 0.1) is 0 Å². The Labute approximate surface area is 101 Å². The van der Waals surface area contributed by atoms with Gasteiger partial charge in [-0.15, -0.1) is 0 Å². The SMILES string of the molecule is O=C1CCC(Nc2cn[nH]c(=O)c2Cl)C(=O)N1. The first-order valence-electron chi connectivity index (χ1n) is 4.91. The second-order valence-corrected chi connectivity index (χ2v) is 3.95. The summed E-state index contributed by atoms with van der Waals surface area (Å²) in [7, 11) is 0. The van der Waals surface area contributed by atoms with Crippen molar-refractivity contribution in [2.45, 2.75) is 18.9 Å². The van der Waals surface area contributed by atoms with Gasteiger partial charge in [0.15, 0.2) is 0 Å². The van der Waals surface area contributed by atoms with Gasteiger partial charge in [-0.2, -0.15) is 5.10 Å². The van der Waals surface area contributed by atoms with Crippen LogP contribution in [0.1, 0.15) is 12.8 Å². The number of halogens is 1. The molecule has 2 heterocycles. The molecule has 0 radical (unpaired) electrons. The van der Waals surface area contributed by atoms with Gasteiger partial charge in [0.2, 0.25) is 11.8 Å². The van der Waals surface area contributed by atoms with E-state index in [2.05, 4.69) is 20.8 Å². The first-order valence-corrected chi connectivity index (χ1v) is 5.29. The Morgan fingerprint density at radius 3 is 2.88 bits per heavy atom. The molecule has 0 aliphatic carbocycles. The number of hydrogen-bond donors (Lipinski definition) is 3. The van der Waals surface area contributed by atoms with Gasteiger partial charge in [0.25, 0.3) is 5.56 Å². The highest BCUT2D eigenvalue weighted by Gasteiger charge is 2.27. The summed E-state index contributed by atoms with van der Waals surface area (Å²) in [5.41, 5.74) is -0.270. The van der Waals surface area contributed by atoms with Gasteiger partial charge in [0.1, 0.15) is 11.1 Å². The molecule has 1 aliphatic heterocycles. The van der Waals surface area contributed by atoms with E-state index < -0.39 is 17.5 Å². The molecule has 1 saturated heterocycles. The second kappa shape index (κ2) is 4.54. The lowest BCUT2D eigenvalue weighted by Crippen LogP contribution is -2.47. The van der Waals surface area contributed by atoms with Crippen LogP contribution in [0.25, 0.3) is 0 Å². The van der Waals surface area contributed by atoms with E-state index in [0.717, 1.165) is 0 Å². The van der Waals surface area contributed by atoms with Gasteiger partial charge in [0.05, 0.1) is 11.9 Å². The van der Waals surface area contributed by atoms with Crippen LogP contribution in [0.3, 0.4) is 0 Å². The third kappa shape index (κ3) is 2.44. The third-order valence-electron chi connectivity index (χ3n) is 2.36. The smallest absolute Gasteiger partial charge is 0.285 e. The zero-order chi connectivity index (χ0) is 12.4. The zero-order valence-corrected chi connectivity index (χ0v) is 9.37. The van der Waals surface area contributed by atoms with Crippen molar-refractivity contribution in [2.24, 2.45) is 0 Å². The molecular weight excluding hydrogens is 248 g/mol. The molecular formula is C9H9ClN4O3. The third-order valence-corrected chi connectivity index (χ3v) is 2.74. The summed E-state index contributed by atoms with van der Waals surface area (Å²) in [5, 5.41) is 10.6. The molecule has 1 aromatic rings. The summed E-state index contributed by atoms with van der Waals surface area (Å²) in [6.07, 6.45) is 1.92. The van der Waals surface area contributed by atoms with Gasteiger partial charge in [0, 0.05) is 6.42 Å². The highest BCUT2D eigenvalue weighted by molar-refractivity contribution is 6.33. The summed E-state index contributed by atoms with van der Waals surface area (Å²) < 4.78 is 0. The molecule has 0 spiro atoms. The van der Waals surface area contributed by atoms with Crippen LogP contribution >= 0.6 is 11.6 Å². The maximum atomic E-state index is 11.5. The highest BCUT2D eigenvalue weighted by atomic mass is 35.5. The molecule has 2 amide bonds. The van der Waals surface area contributed by atoms with Gasteiger partial charge in [-0.1, -0.05) is 11.6 Å². The molecule has 1 atom stereocenters. The number of imide groups is 1. The fourth-order valence-electron chi connectivity index (χ4n) is 1.50. The number of H-pyrrole nitrogens is 1. The molecule has 1 fully saturated rings. The standard InChI is InChI=1S/C9H9ClN4O3/c10-7-5(3-11-14-9(7)17)12-4-1-2-6(15)13-8(4)16/h3-4H,1-2H2,(H2,12,14,17)(H,13,15,16). The van der Waals surface area contributed by atoms with Gasteiger partial charge in [-0.3, -0.25) is 19.7 Å². The number of aromatic nitrogens is 2. The van der Waals surface area contributed by atoms with Crippen LogP contribution in [0.5, 0.6) is 0 Å². The summed E-state index contributed by atoms with van der Waals surface area (Å²) in [6.45, 7) is 0. The Kier molecular flexibility index (Phi) is 3.10. The topological polar surface area (TPSA) is 104 Å². The van der Waals surface area contributed by atoms with E-state index in [0.29, 0.717) is 6.42 Å². The summed E-state index contributed by atoms with van der Waals surface area (Å²) in [4.78, 5) is 33.6. The number of aromatic amines is 1. The maximum absolute atomic E-state index is 11.5. The van der Waals surface area contributed by atoms with Crippen molar-refractivity contribution >= 4 is 29.1 Å². The van der Waals surface area contributed by atoms with E-state index in [4.69, 9.17) is 11.6 Å². The molecule has 0 bridgehead atoms. The molecule has 0 saturated carbocycles. The minimum Gasteiger partial charge on any atom is -0.371 e. The number of piperidine rings is 1. The molecule has 8 heteroatoms. The van der Waals surface area contributed by atoms with Crippen molar-refractivity contribution in [1.29, 1.82) is 0 Å². The lowest BCUT2D eigenvalue weighted by molar-refractivity contribution is -0.133. The number of rotatable bonds is 2. The fourth-order valence-corrected chi connectivity index (χ4v) is 1.65. The molecule has 1 aliphatic rings. The number of hydrogen-bond acceptors (Lipinski definition) is 5. The van der Waals surface area contributed by atoms with Crippen LogP contribution in [0.15, 0.2) is 11.0 Å².